The molecule has 1 aromatic carbocycles. The Morgan fingerprint density at radius 2 is 2.12 bits per heavy atom. The number of carbonyl (C=O) groups is 1. The van der Waals surface area contributed by atoms with Crippen LogP contribution in [-0.2, 0) is 0 Å². The molecule has 0 aliphatic rings. The molecule has 2 rings (SSSR count). The number of rotatable bonds is 2. The third-order valence-electron chi connectivity index (χ3n) is 2.82. The third kappa shape index (κ3) is 1.69. The van der Waals surface area contributed by atoms with Crippen LogP contribution in [0.1, 0.15) is 35.7 Å². The SMILES string of the molecule is CNC(=O)c1cc(C(C)C)cc2cc[nH]c12. The van der Waals surface area contributed by atoms with E-state index in [1.807, 2.05) is 18.3 Å². The number of hydrogen-bond acceptors (Lipinski definition) is 1. The Balaban J connectivity index is 2.68. The van der Waals surface area contributed by atoms with Gasteiger partial charge >= 0.3 is 0 Å². The van der Waals surface area contributed by atoms with E-state index in [0.29, 0.717) is 11.5 Å². The van der Waals surface area contributed by atoms with Gasteiger partial charge in [0.1, 0.15) is 0 Å². The van der Waals surface area contributed by atoms with Crippen LogP contribution in [0.15, 0.2) is 24.4 Å². The lowest BCUT2D eigenvalue weighted by Crippen LogP contribution is -2.18. The molecule has 1 aromatic heterocycles. The van der Waals surface area contributed by atoms with Gasteiger partial charge in [-0.2, -0.15) is 0 Å². The second-order valence-electron chi connectivity index (χ2n) is 4.24. The maximum absolute atomic E-state index is 11.8. The summed E-state index contributed by atoms with van der Waals surface area (Å²) in [4.78, 5) is 14.9. The van der Waals surface area contributed by atoms with E-state index >= 15 is 0 Å². The van der Waals surface area contributed by atoms with Gasteiger partial charge < -0.3 is 10.3 Å². The van der Waals surface area contributed by atoms with Crippen LogP contribution in [0.3, 0.4) is 0 Å². The van der Waals surface area contributed by atoms with Gasteiger partial charge in [-0.05, 0) is 29.7 Å². The summed E-state index contributed by atoms with van der Waals surface area (Å²) in [7, 11) is 1.65. The van der Waals surface area contributed by atoms with Crippen LogP contribution in [0.4, 0.5) is 0 Å². The predicted molar refractivity (Wildman–Crippen MR) is 65.8 cm³/mol. The highest BCUT2D eigenvalue weighted by Crippen LogP contribution is 2.24. The average molecular weight is 216 g/mol. The molecule has 0 atom stereocenters. The van der Waals surface area contributed by atoms with Gasteiger partial charge in [-0.1, -0.05) is 13.8 Å². The second-order valence-corrected chi connectivity index (χ2v) is 4.24. The first kappa shape index (κ1) is 10.7. The zero-order chi connectivity index (χ0) is 11.7. The van der Waals surface area contributed by atoms with E-state index in [2.05, 4.69) is 30.2 Å². The lowest BCUT2D eigenvalue weighted by atomic mass is 9.98. The summed E-state index contributed by atoms with van der Waals surface area (Å²) in [6.45, 7) is 4.25. The molecule has 1 heterocycles. The minimum absolute atomic E-state index is 0.0463. The van der Waals surface area contributed by atoms with Crippen molar-refractivity contribution in [2.45, 2.75) is 19.8 Å². The molecule has 2 aromatic rings. The zero-order valence-electron chi connectivity index (χ0n) is 9.79. The summed E-state index contributed by atoms with van der Waals surface area (Å²) in [5.74, 6) is 0.373. The Morgan fingerprint density at radius 1 is 1.38 bits per heavy atom. The largest absolute Gasteiger partial charge is 0.361 e. The van der Waals surface area contributed by atoms with Crippen molar-refractivity contribution >= 4 is 16.8 Å². The minimum Gasteiger partial charge on any atom is -0.361 e. The Bertz CT molecular complexity index is 526. The van der Waals surface area contributed by atoms with Crippen LogP contribution < -0.4 is 5.32 Å². The molecule has 0 aliphatic heterocycles. The van der Waals surface area contributed by atoms with Crippen molar-refractivity contribution in [1.29, 1.82) is 0 Å². The number of nitrogens with one attached hydrogen (secondary N) is 2. The molecular formula is C13H16N2O. The van der Waals surface area contributed by atoms with E-state index in [0.717, 1.165) is 10.9 Å². The summed E-state index contributed by atoms with van der Waals surface area (Å²) in [5.41, 5.74) is 2.81. The maximum Gasteiger partial charge on any atom is 0.253 e. The van der Waals surface area contributed by atoms with Gasteiger partial charge in [0.05, 0.1) is 11.1 Å². The van der Waals surface area contributed by atoms with Gasteiger partial charge in [0.15, 0.2) is 0 Å². The van der Waals surface area contributed by atoms with Crippen LogP contribution in [-0.4, -0.2) is 17.9 Å². The Labute approximate surface area is 94.9 Å². The van der Waals surface area contributed by atoms with E-state index in [4.69, 9.17) is 0 Å². The van der Waals surface area contributed by atoms with Crippen molar-refractivity contribution in [1.82, 2.24) is 10.3 Å². The highest BCUT2D eigenvalue weighted by molar-refractivity contribution is 6.06. The monoisotopic (exact) mass is 216 g/mol. The summed E-state index contributed by atoms with van der Waals surface area (Å²) in [6.07, 6.45) is 1.86. The average Bonchev–Trinajstić information content (AvgIpc) is 2.74. The van der Waals surface area contributed by atoms with Crippen molar-refractivity contribution in [3.8, 4) is 0 Å². The Morgan fingerprint density at radius 3 is 2.75 bits per heavy atom. The molecule has 84 valence electrons. The Hall–Kier alpha value is -1.77. The van der Waals surface area contributed by atoms with Gasteiger partial charge in [-0.3, -0.25) is 4.79 Å². The highest BCUT2D eigenvalue weighted by Gasteiger charge is 2.12. The number of amides is 1. The summed E-state index contributed by atoms with van der Waals surface area (Å²) < 4.78 is 0. The van der Waals surface area contributed by atoms with E-state index in [1.165, 1.54) is 5.56 Å². The topological polar surface area (TPSA) is 44.9 Å². The highest BCUT2D eigenvalue weighted by atomic mass is 16.1. The number of benzene rings is 1. The van der Waals surface area contributed by atoms with Crippen molar-refractivity contribution in [2.75, 3.05) is 7.05 Å². The Kier molecular flexibility index (Phi) is 2.69. The van der Waals surface area contributed by atoms with E-state index in [9.17, 15) is 4.79 Å². The molecule has 0 bridgehead atoms. The molecule has 3 nitrogen and oxygen atoms in total. The summed E-state index contributed by atoms with van der Waals surface area (Å²) in [6, 6.07) is 6.08. The first-order chi connectivity index (χ1) is 7.63. The molecule has 2 N–H and O–H groups in total. The quantitative estimate of drug-likeness (QED) is 0.796. The molecule has 0 saturated heterocycles. The molecule has 0 saturated carbocycles. The molecule has 16 heavy (non-hydrogen) atoms. The first-order valence-corrected chi connectivity index (χ1v) is 5.46. The fourth-order valence-electron chi connectivity index (χ4n) is 1.84. The fourth-order valence-corrected chi connectivity index (χ4v) is 1.84. The number of hydrogen-bond donors (Lipinski definition) is 2. The lowest BCUT2D eigenvalue weighted by Gasteiger charge is -2.09. The molecule has 0 fully saturated rings. The van der Waals surface area contributed by atoms with Gasteiger partial charge in [-0.15, -0.1) is 0 Å². The fraction of sp³-hybridized carbons (Fsp3) is 0.308. The molecule has 0 radical (unpaired) electrons. The standard InChI is InChI=1S/C13H16N2O/c1-8(2)10-6-9-4-5-15-12(9)11(7-10)13(16)14-3/h4-8,15H,1-3H3,(H,14,16). The number of H-pyrrole nitrogens is 1. The molecule has 0 spiro atoms. The van der Waals surface area contributed by atoms with Crippen molar-refractivity contribution in [3.63, 3.8) is 0 Å². The lowest BCUT2D eigenvalue weighted by molar-refractivity contribution is 0.0964. The summed E-state index contributed by atoms with van der Waals surface area (Å²) >= 11 is 0. The first-order valence-electron chi connectivity index (χ1n) is 5.46. The summed E-state index contributed by atoms with van der Waals surface area (Å²) in [5, 5.41) is 3.76. The molecular weight excluding hydrogens is 200 g/mol. The minimum atomic E-state index is -0.0463. The smallest absolute Gasteiger partial charge is 0.253 e. The van der Waals surface area contributed by atoms with E-state index in [1.54, 1.807) is 7.05 Å². The number of aromatic nitrogens is 1. The van der Waals surface area contributed by atoms with Gasteiger partial charge in [-0.25, -0.2) is 0 Å². The zero-order valence-corrected chi connectivity index (χ0v) is 9.79. The van der Waals surface area contributed by atoms with E-state index < -0.39 is 0 Å². The molecule has 0 aliphatic carbocycles. The third-order valence-corrected chi connectivity index (χ3v) is 2.82. The van der Waals surface area contributed by atoms with E-state index in [-0.39, 0.29) is 5.91 Å². The maximum atomic E-state index is 11.8. The predicted octanol–water partition coefficient (Wildman–Crippen LogP) is 2.65. The second kappa shape index (κ2) is 4.00. The number of carbonyl (C=O) groups excluding carboxylic acids is 1. The van der Waals surface area contributed by atoms with Crippen LogP contribution in [0.25, 0.3) is 10.9 Å². The molecule has 1 amide bonds. The molecule has 0 unspecified atom stereocenters. The number of aromatic amines is 1. The van der Waals surface area contributed by atoms with Crippen LogP contribution in [0, 0.1) is 0 Å². The number of fused-ring (bicyclic) bond motifs is 1. The van der Waals surface area contributed by atoms with Crippen LogP contribution in [0.5, 0.6) is 0 Å². The van der Waals surface area contributed by atoms with Crippen molar-refractivity contribution in [3.05, 3.63) is 35.5 Å². The van der Waals surface area contributed by atoms with Crippen molar-refractivity contribution in [2.24, 2.45) is 0 Å². The van der Waals surface area contributed by atoms with Crippen LogP contribution in [0.2, 0.25) is 0 Å². The van der Waals surface area contributed by atoms with Gasteiger partial charge in [0, 0.05) is 18.6 Å². The van der Waals surface area contributed by atoms with Gasteiger partial charge in [0.2, 0.25) is 0 Å². The van der Waals surface area contributed by atoms with Gasteiger partial charge in [0.25, 0.3) is 5.91 Å². The van der Waals surface area contributed by atoms with Crippen molar-refractivity contribution < 1.29 is 4.79 Å². The molecule has 3 heteroatoms. The normalized spacial score (nSPS) is 11.0. The van der Waals surface area contributed by atoms with Crippen LogP contribution >= 0.6 is 0 Å².